The summed E-state index contributed by atoms with van der Waals surface area (Å²) in [7, 11) is 0. The molecule has 3 aromatic rings. The summed E-state index contributed by atoms with van der Waals surface area (Å²) in [4.78, 5) is 8.09. The van der Waals surface area contributed by atoms with Gasteiger partial charge in [-0.25, -0.2) is 9.97 Å². The molecule has 0 aliphatic rings. The number of hydrogen-bond donors (Lipinski definition) is 1. The van der Waals surface area contributed by atoms with Gasteiger partial charge in [-0.3, -0.25) is 0 Å². The third-order valence-corrected chi connectivity index (χ3v) is 3.69. The van der Waals surface area contributed by atoms with Gasteiger partial charge in [-0.05, 0) is 24.3 Å². The van der Waals surface area contributed by atoms with Gasteiger partial charge in [-0.15, -0.1) is 11.3 Å². The molecule has 0 saturated heterocycles. The quantitative estimate of drug-likeness (QED) is 0.787. The van der Waals surface area contributed by atoms with Crippen molar-refractivity contribution in [1.29, 1.82) is 0 Å². The fourth-order valence-electron chi connectivity index (χ4n) is 1.66. The lowest BCUT2D eigenvalue weighted by atomic mass is 10.2. The molecule has 3 rings (SSSR count). The van der Waals surface area contributed by atoms with Crippen molar-refractivity contribution < 1.29 is 4.42 Å². The third kappa shape index (κ3) is 2.94. The van der Waals surface area contributed by atoms with Crippen LogP contribution in [0.2, 0.25) is 4.34 Å². The lowest BCUT2D eigenvalue weighted by molar-refractivity contribution is 0.572. The predicted molar refractivity (Wildman–Crippen MR) is 76.4 cm³/mol. The van der Waals surface area contributed by atoms with E-state index in [4.69, 9.17) is 16.0 Å². The SMILES string of the molecule is Clc1cnc(CNc2ccc(-c3cnco3)cc2)s1. The van der Waals surface area contributed by atoms with Gasteiger partial charge in [-0.2, -0.15) is 0 Å². The largest absolute Gasteiger partial charge is 0.444 e. The number of halogens is 1. The average molecular weight is 292 g/mol. The van der Waals surface area contributed by atoms with Crippen molar-refractivity contribution in [2.24, 2.45) is 0 Å². The summed E-state index contributed by atoms with van der Waals surface area (Å²) >= 11 is 7.31. The molecule has 0 bridgehead atoms. The maximum absolute atomic E-state index is 5.83. The van der Waals surface area contributed by atoms with Crippen LogP contribution < -0.4 is 5.32 Å². The molecule has 0 unspecified atom stereocenters. The first-order chi connectivity index (χ1) is 9.31. The Labute approximate surface area is 119 Å². The molecular formula is C13H10ClN3OS. The van der Waals surface area contributed by atoms with Gasteiger partial charge >= 0.3 is 0 Å². The van der Waals surface area contributed by atoms with Crippen molar-refractivity contribution in [3.63, 3.8) is 0 Å². The third-order valence-electron chi connectivity index (χ3n) is 2.57. The van der Waals surface area contributed by atoms with Crippen molar-refractivity contribution in [2.75, 3.05) is 5.32 Å². The molecule has 0 amide bonds. The van der Waals surface area contributed by atoms with Gasteiger partial charge in [0, 0.05) is 11.3 Å². The number of hydrogen-bond acceptors (Lipinski definition) is 5. The number of anilines is 1. The molecule has 0 atom stereocenters. The van der Waals surface area contributed by atoms with Gasteiger partial charge in [0.15, 0.2) is 12.2 Å². The maximum Gasteiger partial charge on any atom is 0.181 e. The predicted octanol–water partition coefficient (Wildman–Crippen LogP) is 4.06. The fourth-order valence-corrected chi connectivity index (χ4v) is 2.55. The molecule has 0 fully saturated rings. The molecule has 0 spiro atoms. The lowest BCUT2D eigenvalue weighted by Gasteiger charge is -2.04. The van der Waals surface area contributed by atoms with Crippen LogP contribution in [-0.4, -0.2) is 9.97 Å². The summed E-state index contributed by atoms with van der Waals surface area (Å²) in [5.41, 5.74) is 2.02. The van der Waals surface area contributed by atoms with Gasteiger partial charge in [-0.1, -0.05) is 11.6 Å². The van der Waals surface area contributed by atoms with E-state index >= 15 is 0 Å². The van der Waals surface area contributed by atoms with Crippen molar-refractivity contribution in [1.82, 2.24) is 9.97 Å². The molecule has 0 aliphatic carbocycles. The number of nitrogens with one attached hydrogen (secondary N) is 1. The maximum atomic E-state index is 5.83. The summed E-state index contributed by atoms with van der Waals surface area (Å²) in [6.07, 6.45) is 4.78. The van der Waals surface area contributed by atoms with E-state index in [9.17, 15) is 0 Å². The fraction of sp³-hybridized carbons (Fsp3) is 0.0769. The monoisotopic (exact) mass is 291 g/mol. The summed E-state index contributed by atoms with van der Waals surface area (Å²) in [5, 5.41) is 4.25. The van der Waals surface area contributed by atoms with Gasteiger partial charge in [0.25, 0.3) is 0 Å². The van der Waals surface area contributed by atoms with Crippen molar-refractivity contribution in [2.45, 2.75) is 6.54 Å². The molecular weight excluding hydrogens is 282 g/mol. The van der Waals surface area contributed by atoms with E-state index in [1.54, 1.807) is 12.4 Å². The minimum Gasteiger partial charge on any atom is -0.444 e. The Bertz CT molecular complexity index is 649. The van der Waals surface area contributed by atoms with Crippen LogP contribution in [0, 0.1) is 0 Å². The number of nitrogens with zero attached hydrogens (tertiary/aromatic N) is 2. The highest BCUT2D eigenvalue weighted by Crippen LogP contribution is 2.22. The lowest BCUT2D eigenvalue weighted by Crippen LogP contribution is -1.98. The highest BCUT2D eigenvalue weighted by atomic mass is 35.5. The highest BCUT2D eigenvalue weighted by molar-refractivity contribution is 7.15. The van der Waals surface area contributed by atoms with E-state index < -0.39 is 0 Å². The summed E-state index contributed by atoms with van der Waals surface area (Å²) < 4.78 is 5.94. The standard InChI is InChI=1S/C13H10ClN3OS/c14-12-6-17-13(19-12)7-16-10-3-1-9(2-4-10)11-5-15-8-18-11/h1-6,8,16H,7H2. The minimum atomic E-state index is 0.666. The first-order valence-corrected chi connectivity index (χ1v) is 6.84. The van der Waals surface area contributed by atoms with Crippen LogP contribution in [0.25, 0.3) is 11.3 Å². The van der Waals surface area contributed by atoms with Crippen LogP contribution in [0.3, 0.4) is 0 Å². The Morgan fingerprint density at radius 1 is 1.21 bits per heavy atom. The second kappa shape index (κ2) is 5.42. The number of rotatable bonds is 4. The van der Waals surface area contributed by atoms with Crippen molar-refractivity contribution in [3.05, 3.63) is 52.4 Å². The zero-order chi connectivity index (χ0) is 13.1. The molecule has 0 saturated carbocycles. The van der Waals surface area contributed by atoms with E-state index in [0.717, 1.165) is 22.0 Å². The summed E-state index contributed by atoms with van der Waals surface area (Å²) in [6, 6.07) is 7.95. The number of aromatic nitrogens is 2. The van der Waals surface area contributed by atoms with Gasteiger partial charge in [0.05, 0.1) is 18.9 Å². The zero-order valence-corrected chi connectivity index (χ0v) is 11.4. The second-order valence-electron chi connectivity index (χ2n) is 3.85. The Kier molecular flexibility index (Phi) is 3.48. The zero-order valence-electron chi connectivity index (χ0n) is 9.84. The van der Waals surface area contributed by atoms with Crippen molar-refractivity contribution in [3.8, 4) is 11.3 Å². The van der Waals surface area contributed by atoms with Crippen LogP contribution in [-0.2, 0) is 6.54 Å². The molecule has 1 N–H and O–H groups in total. The molecule has 0 aliphatic heterocycles. The van der Waals surface area contributed by atoms with Crippen molar-refractivity contribution >= 4 is 28.6 Å². The van der Waals surface area contributed by atoms with Crippen LogP contribution in [0.4, 0.5) is 5.69 Å². The smallest absolute Gasteiger partial charge is 0.181 e. The van der Waals surface area contributed by atoms with Crippen LogP contribution in [0.5, 0.6) is 0 Å². The Morgan fingerprint density at radius 2 is 2.05 bits per heavy atom. The normalized spacial score (nSPS) is 10.6. The van der Waals surface area contributed by atoms with E-state index in [1.807, 2.05) is 24.3 Å². The highest BCUT2D eigenvalue weighted by Gasteiger charge is 2.02. The summed E-state index contributed by atoms with van der Waals surface area (Å²) in [5.74, 6) is 0.762. The Balaban J connectivity index is 1.66. The second-order valence-corrected chi connectivity index (χ2v) is 5.60. The molecule has 0 radical (unpaired) electrons. The molecule has 19 heavy (non-hydrogen) atoms. The number of oxazole rings is 1. The topological polar surface area (TPSA) is 51.0 Å². The molecule has 6 heteroatoms. The van der Waals surface area contributed by atoms with Crippen LogP contribution in [0.15, 0.2) is 47.5 Å². The molecule has 2 heterocycles. The molecule has 2 aromatic heterocycles. The molecule has 96 valence electrons. The minimum absolute atomic E-state index is 0.666. The average Bonchev–Trinajstić information content (AvgIpc) is 3.08. The van der Waals surface area contributed by atoms with E-state index in [0.29, 0.717) is 10.9 Å². The Morgan fingerprint density at radius 3 is 2.68 bits per heavy atom. The van der Waals surface area contributed by atoms with Crippen LogP contribution >= 0.6 is 22.9 Å². The first-order valence-electron chi connectivity index (χ1n) is 5.64. The van der Waals surface area contributed by atoms with Gasteiger partial charge in [0.2, 0.25) is 0 Å². The number of benzene rings is 1. The van der Waals surface area contributed by atoms with Crippen LogP contribution in [0.1, 0.15) is 5.01 Å². The molecule has 4 nitrogen and oxygen atoms in total. The van der Waals surface area contributed by atoms with Gasteiger partial charge < -0.3 is 9.73 Å². The Hall–Kier alpha value is -1.85. The van der Waals surface area contributed by atoms with Gasteiger partial charge in [0.1, 0.15) is 9.34 Å². The van der Waals surface area contributed by atoms with E-state index in [1.165, 1.54) is 17.7 Å². The van der Waals surface area contributed by atoms with E-state index in [-0.39, 0.29) is 0 Å². The molecule has 1 aromatic carbocycles. The van der Waals surface area contributed by atoms with E-state index in [2.05, 4.69) is 15.3 Å². The summed E-state index contributed by atoms with van der Waals surface area (Å²) in [6.45, 7) is 0.666. The first kappa shape index (κ1) is 12.2. The number of thiazole rings is 1.